The van der Waals surface area contributed by atoms with Crippen molar-refractivity contribution in [1.82, 2.24) is 10.3 Å². The van der Waals surface area contributed by atoms with Gasteiger partial charge in [-0.3, -0.25) is 9.59 Å². The minimum atomic E-state index is -1.22. The summed E-state index contributed by atoms with van der Waals surface area (Å²) in [6.45, 7) is 5.17. The molecule has 28 heavy (non-hydrogen) atoms. The summed E-state index contributed by atoms with van der Waals surface area (Å²) in [5, 5.41) is 3.35. The van der Waals surface area contributed by atoms with E-state index in [2.05, 4.69) is 22.1 Å². The van der Waals surface area contributed by atoms with Crippen molar-refractivity contribution < 1.29 is 18.4 Å². The number of nitrogens with two attached hydrogens (primary N) is 1. The summed E-state index contributed by atoms with van der Waals surface area (Å²) in [5.74, 6) is 1.06. The van der Waals surface area contributed by atoms with Gasteiger partial charge in [-0.05, 0) is 57.4 Å². The number of primary amides is 1. The Morgan fingerprint density at radius 3 is 2.57 bits per heavy atom. The fraction of sp³-hybridized carbons (Fsp3) is 0.429. The molecule has 1 aromatic carbocycles. The number of carbonyl (C=O) groups excluding carboxylic acids is 2. The first-order valence-electron chi connectivity index (χ1n) is 9.29. The number of aromatic nitrogens is 1. The Morgan fingerprint density at radius 1 is 1.21 bits per heavy atom. The van der Waals surface area contributed by atoms with Crippen molar-refractivity contribution in [1.29, 1.82) is 0 Å². The number of benzene rings is 1. The van der Waals surface area contributed by atoms with Crippen LogP contribution in [0.1, 0.15) is 65.7 Å². The molecule has 2 amide bonds. The Bertz CT molecular complexity index is 1030. The molecule has 1 aliphatic carbocycles. The van der Waals surface area contributed by atoms with Crippen molar-refractivity contribution in [2.75, 3.05) is 0 Å². The maximum absolute atomic E-state index is 15.1. The van der Waals surface area contributed by atoms with E-state index in [4.69, 9.17) is 5.73 Å². The Morgan fingerprint density at radius 2 is 1.93 bits per heavy atom. The van der Waals surface area contributed by atoms with Crippen LogP contribution in [0.2, 0.25) is 0 Å². The average Bonchev–Trinajstić information content (AvgIpc) is 2.91. The minimum absolute atomic E-state index is 0.166. The third-order valence-corrected chi connectivity index (χ3v) is 5.57. The number of nitrogens with one attached hydrogen (secondary N) is 2. The number of rotatable bonds is 3. The van der Waals surface area contributed by atoms with Gasteiger partial charge in [0.05, 0.1) is 5.52 Å². The van der Waals surface area contributed by atoms with Crippen molar-refractivity contribution in [3.63, 3.8) is 0 Å². The lowest BCUT2D eigenvalue weighted by Crippen LogP contribution is -2.37. The molecule has 0 radical (unpaired) electrons. The molecule has 4 N–H and O–H groups in total. The van der Waals surface area contributed by atoms with Gasteiger partial charge in [-0.25, -0.2) is 8.78 Å². The minimum Gasteiger partial charge on any atom is -0.365 e. The molecule has 7 heteroatoms. The van der Waals surface area contributed by atoms with Gasteiger partial charge in [0, 0.05) is 22.7 Å². The lowest BCUT2D eigenvalue weighted by Gasteiger charge is -2.30. The van der Waals surface area contributed by atoms with E-state index in [9.17, 15) is 14.0 Å². The fourth-order valence-electron chi connectivity index (χ4n) is 4.22. The molecule has 1 unspecified atom stereocenters. The lowest BCUT2D eigenvalue weighted by molar-refractivity contribution is -0.116. The van der Waals surface area contributed by atoms with Crippen molar-refractivity contribution in [2.24, 2.45) is 5.73 Å². The van der Waals surface area contributed by atoms with Crippen molar-refractivity contribution >= 4 is 22.7 Å². The van der Waals surface area contributed by atoms with Crippen molar-refractivity contribution in [3.8, 4) is 11.8 Å². The SMILES string of the molecule is CC#CC(=O)NC1CCC[C@@H](c2c(F)c(F)c(C(N)=O)c3[nH]c(C)c(C)c23)C1. The van der Waals surface area contributed by atoms with Gasteiger partial charge in [-0.1, -0.05) is 12.3 Å². The zero-order valence-electron chi connectivity index (χ0n) is 16.1. The quantitative estimate of drug-likeness (QED) is 0.706. The standard InChI is InChI=1S/C21H23F2N3O2/c1-4-6-14(27)26-13-8-5-7-12(9-13)16-15-10(2)11(3)25-20(15)17(21(24)28)19(23)18(16)22/h12-13,25H,5,7-9H2,1-3H3,(H2,24,28)(H,26,27)/t12-,13?/m1/s1. The highest BCUT2D eigenvalue weighted by Crippen LogP contribution is 2.42. The number of carbonyl (C=O) groups is 2. The molecule has 1 heterocycles. The number of hydrogen-bond acceptors (Lipinski definition) is 2. The molecule has 1 saturated carbocycles. The molecule has 0 saturated heterocycles. The number of hydrogen-bond donors (Lipinski definition) is 3. The summed E-state index contributed by atoms with van der Waals surface area (Å²) in [7, 11) is 0. The first kappa shape index (κ1) is 19.9. The largest absolute Gasteiger partial charge is 0.365 e. The number of aromatic amines is 1. The van der Waals surface area contributed by atoms with Gasteiger partial charge in [-0.15, -0.1) is 0 Å². The molecule has 1 fully saturated rings. The van der Waals surface area contributed by atoms with Crippen LogP contribution in [0.15, 0.2) is 0 Å². The van der Waals surface area contributed by atoms with Gasteiger partial charge in [0.1, 0.15) is 5.56 Å². The van der Waals surface area contributed by atoms with E-state index in [1.807, 2.05) is 0 Å². The van der Waals surface area contributed by atoms with Gasteiger partial charge < -0.3 is 16.0 Å². The highest BCUT2D eigenvalue weighted by Gasteiger charge is 2.33. The van der Waals surface area contributed by atoms with E-state index < -0.39 is 23.1 Å². The summed E-state index contributed by atoms with van der Waals surface area (Å²) >= 11 is 0. The molecule has 5 nitrogen and oxygen atoms in total. The van der Waals surface area contributed by atoms with Crippen LogP contribution in [0.4, 0.5) is 8.78 Å². The third kappa shape index (κ3) is 3.35. The van der Waals surface area contributed by atoms with E-state index in [1.54, 1.807) is 20.8 Å². The van der Waals surface area contributed by atoms with Gasteiger partial charge in [0.2, 0.25) is 0 Å². The molecule has 1 aliphatic rings. The molecule has 1 aromatic heterocycles. The topological polar surface area (TPSA) is 88.0 Å². The smallest absolute Gasteiger partial charge is 0.296 e. The van der Waals surface area contributed by atoms with E-state index in [0.717, 1.165) is 24.1 Å². The Kier molecular flexibility index (Phi) is 5.41. The van der Waals surface area contributed by atoms with Gasteiger partial charge in [0.15, 0.2) is 11.6 Å². The lowest BCUT2D eigenvalue weighted by atomic mass is 9.79. The highest BCUT2D eigenvalue weighted by atomic mass is 19.2. The van der Waals surface area contributed by atoms with Crippen LogP contribution < -0.4 is 11.1 Å². The fourth-order valence-corrected chi connectivity index (χ4v) is 4.22. The van der Waals surface area contributed by atoms with E-state index in [-0.39, 0.29) is 28.9 Å². The summed E-state index contributed by atoms with van der Waals surface area (Å²) < 4.78 is 29.9. The molecule has 2 aromatic rings. The zero-order chi connectivity index (χ0) is 20.6. The molecule has 148 valence electrons. The summed E-state index contributed by atoms with van der Waals surface area (Å²) in [6, 6.07) is -0.166. The number of aryl methyl sites for hydroxylation is 2. The Hall–Kier alpha value is -2.88. The van der Waals surface area contributed by atoms with Crippen LogP contribution in [-0.2, 0) is 4.79 Å². The molecule has 3 rings (SSSR count). The zero-order valence-corrected chi connectivity index (χ0v) is 16.1. The second kappa shape index (κ2) is 7.63. The Labute approximate surface area is 162 Å². The van der Waals surface area contributed by atoms with Crippen LogP contribution in [0.3, 0.4) is 0 Å². The molecule has 0 spiro atoms. The maximum atomic E-state index is 15.1. The normalized spacial score (nSPS) is 19.2. The van der Waals surface area contributed by atoms with Crippen LogP contribution >= 0.6 is 0 Å². The maximum Gasteiger partial charge on any atom is 0.296 e. The summed E-state index contributed by atoms with van der Waals surface area (Å²) in [6.07, 6.45) is 2.65. The van der Waals surface area contributed by atoms with Gasteiger partial charge >= 0.3 is 0 Å². The second-order valence-electron chi connectivity index (χ2n) is 7.31. The third-order valence-electron chi connectivity index (χ3n) is 5.57. The molecule has 0 aliphatic heterocycles. The predicted octanol–water partition coefficient (Wildman–Crippen LogP) is 3.33. The van der Waals surface area contributed by atoms with Crippen LogP contribution in [0.5, 0.6) is 0 Å². The molecular formula is C21H23F2N3O2. The number of amides is 2. The van der Waals surface area contributed by atoms with E-state index in [1.165, 1.54) is 0 Å². The predicted molar refractivity (Wildman–Crippen MR) is 103 cm³/mol. The number of halogens is 2. The van der Waals surface area contributed by atoms with Crippen LogP contribution in [-0.4, -0.2) is 22.8 Å². The van der Waals surface area contributed by atoms with Gasteiger partial charge in [-0.2, -0.15) is 0 Å². The van der Waals surface area contributed by atoms with E-state index >= 15 is 4.39 Å². The van der Waals surface area contributed by atoms with Crippen molar-refractivity contribution in [3.05, 3.63) is 34.0 Å². The second-order valence-corrected chi connectivity index (χ2v) is 7.31. The number of H-pyrrole nitrogens is 1. The summed E-state index contributed by atoms with van der Waals surface area (Å²) in [4.78, 5) is 26.5. The van der Waals surface area contributed by atoms with Crippen LogP contribution in [0, 0.1) is 37.3 Å². The van der Waals surface area contributed by atoms with E-state index in [0.29, 0.717) is 18.2 Å². The highest BCUT2D eigenvalue weighted by molar-refractivity contribution is 6.07. The first-order valence-corrected chi connectivity index (χ1v) is 9.29. The number of fused-ring (bicyclic) bond motifs is 1. The van der Waals surface area contributed by atoms with Gasteiger partial charge in [0.25, 0.3) is 11.8 Å². The summed E-state index contributed by atoms with van der Waals surface area (Å²) in [5.41, 5.74) is 6.83. The molecule has 0 bridgehead atoms. The molecular weight excluding hydrogens is 364 g/mol. The Balaban J connectivity index is 2.11. The first-order chi connectivity index (χ1) is 13.3. The van der Waals surface area contributed by atoms with Crippen molar-refractivity contribution in [2.45, 2.75) is 58.4 Å². The van der Waals surface area contributed by atoms with Crippen LogP contribution in [0.25, 0.3) is 10.9 Å². The molecule has 2 atom stereocenters. The average molecular weight is 387 g/mol. The monoisotopic (exact) mass is 387 g/mol.